The highest BCUT2D eigenvalue weighted by molar-refractivity contribution is 7.92. The number of hydrogen-bond donors (Lipinski definition) is 1. The molecule has 3 aromatic carbocycles. The lowest BCUT2D eigenvalue weighted by Crippen LogP contribution is -2.52. The minimum atomic E-state index is -4.25. The van der Waals surface area contributed by atoms with Crippen molar-refractivity contribution in [2.75, 3.05) is 31.6 Å². The van der Waals surface area contributed by atoms with E-state index in [0.717, 1.165) is 22.7 Å². The first-order valence-electron chi connectivity index (χ1n) is 14.3. The van der Waals surface area contributed by atoms with E-state index in [-0.39, 0.29) is 28.8 Å². The zero-order valence-corrected chi connectivity index (χ0v) is 27.9. The van der Waals surface area contributed by atoms with Gasteiger partial charge in [0.05, 0.1) is 34.8 Å². The Kier molecular flexibility index (Phi) is 12.7. The molecular weight excluding hydrogens is 625 g/mol. The van der Waals surface area contributed by atoms with Crippen molar-refractivity contribution in [1.29, 1.82) is 0 Å². The number of hydrogen-bond acceptors (Lipinski definition) is 6. The Balaban J connectivity index is 2.11. The van der Waals surface area contributed by atoms with E-state index in [1.165, 1.54) is 37.3 Å². The number of sulfonamides is 1. The molecule has 2 amide bonds. The van der Waals surface area contributed by atoms with E-state index >= 15 is 0 Å². The van der Waals surface area contributed by atoms with Crippen LogP contribution in [0, 0.1) is 6.92 Å². The molecule has 0 saturated heterocycles. The van der Waals surface area contributed by atoms with Crippen LogP contribution >= 0.6 is 23.2 Å². The van der Waals surface area contributed by atoms with Crippen molar-refractivity contribution < 1.29 is 27.5 Å². The van der Waals surface area contributed by atoms with E-state index in [4.69, 9.17) is 32.7 Å². The Morgan fingerprint density at radius 1 is 0.909 bits per heavy atom. The minimum Gasteiger partial charge on any atom is -0.493 e. The van der Waals surface area contributed by atoms with Crippen molar-refractivity contribution in [2.45, 2.75) is 57.5 Å². The Morgan fingerprint density at radius 3 is 2.18 bits per heavy atom. The second-order valence-electron chi connectivity index (χ2n) is 10.2. The first-order chi connectivity index (χ1) is 21.0. The molecule has 44 heavy (non-hydrogen) atoms. The van der Waals surface area contributed by atoms with Gasteiger partial charge in [-0.3, -0.25) is 13.9 Å². The molecule has 0 spiro atoms. The van der Waals surface area contributed by atoms with E-state index in [0.29, 0.717) is 34.3 Å². The van der Waals surface area contributed by atoms with Gasteiger partial charge in [-0.05, 0) is 61.7 Å². The van der Waals surface area contributed by atoms with Crippen LogP contribution in [0.15, 0.2) is 65.6 Å². The maximum atomic E-state index is 14.3. The summed E-state index contributed by atoms with van der Waals surface area (Å²) in [7, 11) is -1.34. The maximum Gasteiger partial charge on any atom is 0.264 e. The molecule has 3 rings (SSSR count). The van der Waals surface area contributed by atoms with Crippen LogP contribution in [0.3, 0.4) is 0 Å². The molecule has 0 aliphatic carbocycles. The van der Waals surface area contributed by atoms with Crippen molar-refractivity contribution >= 4 is 50.7 Å². The van der Waals surface area contributed by atoms with E-state index < -0.39 is 28.5 Å². The van der Waals surface area contributed by atoms with Crippen LogP contribution in [-0.2, 0) is 26.2 Å². The number of unbranched alkanes of at least 4 members (excludes halogenated alkanes) is 1. The second-order valence-corrected chi connectivity index (χ2v) is 12.9. The fourth-order valence-electron chi connectivity index (χ4n) is 4.61. The van der Waals surface area contributed by atoms with Crippen LogP contribution in [0.1, 0.15) is 44.2 Å². The maximum absolute atomic E-state index is 14.3. The van der Waals surface area contributed by atoms with Crippen molar-refractivity contribution in [1.82, 2.24) is 10.2 Å². The summed E-state index contributed by atoms with van der Waals surface area (Å²) in [6.07, 6.45) is 1.97. The highest BCUT2D eigenvalue weighted by atomic mass is 35.5. The molecule has 0 fully saturated rings. The third-order valence-corrected chi connectivity index (χ3v) is 9.62. The number of carbonyl (C=O) groups excluding carboxylic acids is 2. The lowest BCUT2D eigenvalue weighted by Gasteiger charge is -2.33. The van der Waals surface area contributed by atoms with Gasteiger partial charge in [-0.25, -0.2) is 8.42 Å². The van der Waals surface area contributed by atoms with Gasteiger partial charge in [-0.15, -0.1) is 0 Å². The quantitative estimate of drug-likeness (QED) is 0.193. The molecule has 1 atom stereocenters. The molecule has 0 radical (unpaired) electrons. The molecule has 3 aromatic rings. The van der Waals surface area contributed by atoms with Gasteiger partial charge in [0.15, 0.2) is 11.5 Å². The molecule has 0 bridgehead atoms. The van der Waals surface area contributed by atoms with Crippen LogP contribution in [0.25, 0.3) is 0 Å². The number of anilines is 1. The SMILES string of the molecule is CCCCNC(=O)[C@@H](CC)N(Cc1ccc(Cl)c(Cl)c1)C(=O)CN(c1ccc(OC)c(OC)c1)S(=O)(=O)c1ccc(C)cc1. The third kappa shape index (κ3) is 8.58. The van der Waals surface area contributed by atoms with Crippen molar-refractivity contribution in [3.8, 4) is 11.5 Å². The van der Waals surface area contributed by atoms with Crippen LogP contribution < -0.4 is 19.1 Å². The average molecular weight is 665 g/mol. The van der Waals surface area contributed by atoms with Crippen LogP contribution in [0.4, 0.5) is 5.69 Å². The van der Waals surface area contributed by atoms with Gasteiger partial charge in [-0.2, -0.15) is 0 Å². The summed E-state index contributed by atoms with van der Waals surface area (Å²) >= 11 is 12.4. The summed E-state index contributed by atoms with van der Waals surface area (Å²) in [4.78, 5) is 29.0. The van der Waals surface area contributed by atoms with Gasteiger partial charge < -0.3 is 19.7 Å². The Labute approximate surface area is 270 Å². The first kappa shape index (κ1) is 35.0. The summed E-state index contributed by atoms with van der Waals surface area (Å²) in [5, 5.41) is 3.55. The van der Waals surface area contributed by atoms with Crippen molar-refractivity contribution in [3.63, 3.8) is 0 Å². The fraction of sp³-hybridized carbons (Fsp3) is 0.375. The highest BCUT2D eigenvalue weighted by Crippen LogP contribution is 2.34. The van der Waals surface area contributed by atoms with Gasteiger partial charge in [0.2, 0.25) is 11.8 Å². The van der Waals surface area contributed by atoms with Gasteiger partial charge >= 0.3 is 0 Å². The predicted octanol–water partition coefficient (Wildman–Crippen LogP) is 6.24. The van der Waals surface area contributed by atoms with Crippen LogP contribution in [0.5, 0.6) is 11.5 Å². The standard InChI is InChI=1S/C32H39Cl2N3O6S/c1-6-8-17-35-32(39)28(7-2)36(20-23-11-15-26(33)27(34)18-23)31(38)21-37(24-12-16-29(42-4)30(19-24)43-5)44(40,41)25-13-9-22(3)10-14-25/h9-16,18-19,28H,6-8,17,20-21H2,1-5H3,(H,35,39)/t28-/m1/s1. The number of amides is 2. The number of nitrogens with zero attached hydrogens (tertiary/aromatic N) is 2. The molecule has 238 valence electrons. The average Bonchev–Trinajstić information content (AvgIpc) is 3.01. The number of ether oxygens (including phenoxy) is 2. The number of halogens is 2. The van der Waals surface area contributed by atoms with Gasteiger partial charge in [0, 0.05) is 19.2 Å². The largest absolute Gasteiger partial charge is 0.493 e. The second kappa shape index (κ2) is 16.0. The third-order valence-electron chi connectivity index (χ3n) is 7.10. The van der Waals surface area contributed by atoms with Gasteiger partial charge in [0.1, 0.15) is 12.6 Å². The van der Waals surface area contributed by atoms with Crippen molar-refractivity contribution in [3.05, 3.63) is 81.8 Å². The monoisotopic (exact) mass is 663 g/mol. The molecule has 0 heterocycles. The lowest BCUT2D eigenvalue weighted by atomic mass is 10.1. The number of benzene rings is 3. The Hall–Kier alpha value is -3.47. The highest BCUT2D eigenvalue weighted by Gasteiger charge is 2.34. The van der Waals surface area contributed by atoms with Crippen LogP contribution in [0.2, 0.25) is 10.0 Å². The molecule has 0 saturated carbocycles. The number of nitrogens with one attached hydrogen (secondary N) is 1. The minimum absolute atomic E-state index is 0.000219. The summed E-state index contributed by atoms with van der Waals surface area (Å²) in [6.45, 7) is 5.53. The number of carbonyl (C=O) groups is 2. The zero-order chi connectivity index (χ0) is 32.4. The molecule has 0 aliphatic rings. The van der Waals surface area contributed by atoms with Crippen molar-refractivity contribution in [2.24, 2.45) is 0 Å². The molecule has 9 nitrogen and oxygen atoms in total. The summed E-state index contributed by atoms with van der Waals surface area (Å²) in [5.74, 6) is -0.227. The molecular formula is C32H39Cl2N3O6S. The topological polar surface area (TPSA) is 105 Å². The first-order valence-corrected chi connectivity index (χ1v) is 16.5. The molecule has 0 aromatic heterocycles. The summed E-state index contributed by atoms with van der Waals surface area (Å²) in [5.41, 5.74) is 1.70. The number of rotatable bonds is 15. The van der Waals surface area contributed by atoms with E-state index in [1.54, 1.807) is 49.4 Å². The molecule has 0 unspecified atom stereocenters. The number of methoxy groups -OCH3 is 2. The summed E-state index contributed by atoms with van der Waals surface area (Å²) < 4.78 is 40.0. The summed E-state index contributed by atoms with van der Waals surface area (Å²) in [6, 6.07) is 15.0. The molecule has 1 N–H and O–H groups in total. The Bertz CT molecular complexity index is 1550. The van der Waals surface area contributed by atoms with Gasteiger partial charge in [-0.1, -0.05) is 67.2 Å². The van der Waals surface area contributed by atoms with Gasteiger partial charge in [0.25, 0.3) is 10.0 Å². The smallest absolute Gasteiger partial charge is 0.264 e. The molecule has 12 heteroatoms. The predicted molar refractivity (Wildman–Crippen MR) is 174 cm³/mol. The lowest BCUT2D eigenvalue weighted by molar-refractivity contribution is -0.140. The zero-order valence-electron chi connectivity index (χ0n) is 25.6. The van der Waals surface area contributed by atoms with E-state index in [2.05, 4.69) is 5.32 Å². The van der Waals surface area contributed by atoms with Crippen LogP contribution in [-0.4, -0.2) is 58.5 Å². The van der Waals surface area contributed by atoms with E-state index in [1.807, 2.05) is 13.8 Å². The number of aryl methyl sites for hydroxylation is 1. The Morgan fingerprint density at radius 2 is 1.59 bits per heavy atom. The fourth-order valence-corrected chi connectivity index (χ4v) is 6.33. The molecule has 0 aliphatic heterocycles. The van der Waals surface area contributed by atoms with E-state index in [9.17, 15) is 18.0 Å². The normalized spacial score (nSPS) is 11.9.